The van der Waals surface area contributed by atoms with Gasteiger partial charge in [-0.25, -0.2) is 4.98 Å². The van der Waals surface area contributed by atoms with Crippen LogP contribution in [0.4, 0.5) is 0 Å². The number of nitrogens with zero attached hydrogens (tertiary/aromatic N) is 2. The van der Waals surface area contributed by atoms with E-state index in [1.54, 1.807) is 22.0 Å². The molecular weight excluding hydrogens is 392 g/mol. The molecule has 5 nitrogen and oxygen atoms in total. The molecule has 1 atom stereocenters. The molecule has 0 saturated carbocycles. The van der Waals surface area contributed by atoms with Crippen molar-refractivity contribution in [3.8, 4) is 0 Å². The van der Waals surface area contributed by atoms with Crippen LogP contribution in [0.2, 0.25) is 0 Å². The largest absolute Gasteiger partial charge is 0.465 e. The van der Waals surface area contributed by atoms with Crippen LogP contribution in [0.25, 0.3) is 10.2 Å². The zero-order valence-electron chi connectivity index (χ0n) is 16.7. The molecular formula is C21H28N2O3S2. The maximum atomic E-state index is 13.2. The van der Waals surface area contributed by atoms with Gasteiger partial charge in [-0.3, -0.25) is 14.2 Å². The van der Waals surface area contributed by atoms with Gasteiger partial charge in [0.05, 0.1) is 17.7 Å². The Morgan fingerprint density at radius 3 is 3.04 bits per heavy atom. The lowest BCUT2D eigenvalue weighted by atomic mass is 9.89. The highest BCUT2D eigenvalue weighted by Gasteiger charge is 2.24. The molecule has 2 heterocycles. The second-order valence-corrected chi connectivity index (χ2v) is 9.37. The van der Waals surface area contributed by atoms with Crippen LogP contribution >= 0.6 is 23.1 Å². The van der Waals surface area contributed by atoms with Crippen molar-refractivity contribution < 1.29 is 9.53 Å². The highest BCUT2D eigenvalue weighted by Crippen LogP contribution is 2.36. The number of fused-ring (bicyclic) bond motifs is 3. The van der Waals surface area contributed by atoms with Crippen molar-refractivity contribution in [1.29, 1.82) is 0 Å². The number of allylic oxidation sites excluding steroid dienone is 1. The Labute approximate surface area is 174 Å². The van der Waals surface area contributed by atoms with Gasteiger partial charge in [-0.05, 0) is 37.2 Å². The predicted octanol–water partition coefficient (Wildman–Crippen LogP) is 4.59. The molecule has 7 heteroatoms. The molecule has 0 aromatic carbocycles. The molecule has 0 spiro atoms. The Balaban J connectivity index is 1.83. The third kappa shape index (κ3) is 4.69. The summed E-state index contributed by atoms with van der Waals surface area (Å²) in [5.41, 5.74) is 1.16. The molecule has 0 aliphatic heterocycles. The molecule has 2 aromatic rings. The van der Waals surface area contributed by atoms with Crippen LogP contribution in [0, 0.1) is 5.92 Å². The Hall–Kier alpha value is -1.60. The van der Waals surface area contributed by atoms with E-state index in [4.69, 9.17) is 9.72 Å². The van der Waals surface area contributed by atoms with Crippen LogP contribution < -0.4 is 5.56 Å². The molecule has 152 valence electrons. The quantitative estimate of drug-likeness (QED) is 0.195. The van der Waals surface area contributed by atoms with E-state index in [2.05, 4.69) is 20.4 Å². The number of ether oxygens (including phenoxy) is 1. The van der Waals surface area contributed by atoms with E-state index in [9.17, 15) is 9.59 Å². The summed E-state index contributed by atoms with van der Waals surface area (Å²) in [6.07, 6.45) is 7.80. The zero-order valence-corrected chi connectivity index (χ0v) is 18.3. The van der Waals surface area contributed by atoms with Gasteiger partial charge in [0.15, 0.2) is 5.16 Å². The lowest BCUT2D eigenvalue weighted by Gasteiger charge is -2.17. The number of aryl methyl sites for hydroxylation is 1. The van der Waals surface area contributed by atoms with E-state index < -0.39 is 0 Å². The van der Waals surface area contributed by atoms with E-state index in [-0.39, 0.29) is 17.3 Å². The first-order valence-corrected chi connectivity index (χ1v) is 11.8. The molecule has 0 bridgehead atoms. The number of unbranched alkanes of at least 4 members (excludes halogenated alkanes) is 2. The molecule has 28 heavy (non-hydrogen) atoms. The topological polar surface area (TPSA) is 61.2 Å². The summed E-state index contributed by atoms with van der Waals surface area (Å²) in [7, 11) is 0. The van der Waals surface area contributed by atoms with Crippen LogP contribution in [0.5, 0.6) is 0 Å². The maximum Gasteiger partial charge on any atom is 0.316 e. The van der Waals surface area contributed by atoms with Crippen molar-refractivity contribution >= 4 is 39.3 Å². The number of carbonyl (C=O) groups excluding carboxylic acids is 1. The van der Waals surface area contributed by atoms with Crippen LogP contribution in [0.3, 0.4) is 0 Å². The number of thiophene rings is 1. The summed E-state index contributed by atoms with van der Waals surface area (Å²) < 4.78 is 6.90. The predicted molar refractivity (Wildman–Crippen MR) is 116 cm³/mol. The minimum absolute atomic E-state index is 0.0178. The van der Waals surface area contributed by atoms with Gasteiger partial charge in [-0.2, -0.15) is 0 Å². The lowest BCUT2D eigenvalue weighted by Crippen LogP contribution is -2.24. The number of hydrogen-bond acceptors (Lipinski definition) is 6. The number of carbonyl (C=O) groups is 1. The molecule has 3 rings (SSSR count). The number of rotatable bonds is 9. The smallest absolute Gasteiger partial charge is 0.316 e. The zero-order chi connectivity index (χ0) is 20.1. The van der Waals surface area contributed by atoms with Gasteiger partial charge in [-0.15, -0.1) is 17.9 Å². The van der Waals surface area contributed by atoms with Crippen molar-refractivity contribution in [3.05, 3.63) is 33.4 Å². The SMILES string of the molecule is C=CCn1c(SCC(=O)OCCCCC)nc2sc3c(c2c1=O)CC[C@@H](C)C3. The van der Waals surface area contributed by atoms with E-state index in [1.165, 1.54) is 22.2 Å². The Morgan fingerprint density at radius 1 is 1.46 bits per heavy atom. The van der Waals surface area contributed by atoms with Gasteiger partial charge in [0.2, 0.25) is 0 Å². The van der Waals surface area contributed by atoms with E-state index in [0.29, 0.717) is 24.2 Å². The first-order chi connectivity index (χ1) is 13.5. The molecule has 0 N–H and O–H groups in total. The molecule has 0 amide bonds. The first kappa shape index (κ1) is 21.1. The lowest BCUT2D eigenvalue weighted by molar-refractivity contribution is -0.140. The van der Waals surface area contributed by atoms with Gasteiger partial charge >= 0.3 is 5.97 Å². The van der Waals surface area contributed by atoms with Crippen molar-refractivity contribution in [2.75, 3.05) is 12.4 Å². The third-order valence-electron chi connectivity index (χ3n) is 5.02. The summed E-state index contributed by atoms with van der Waals surface area (Å²) in [5, 5.41) is 1.33. The fraction of sp³-hybridized carbons (Fsp3) is 0.571. The number of aromatic nitrogens is 2. The summed E-state index contributed by atoms with van der Waals surface area (Å²) in [5.74, 6) is 0.538. The summed E-state index contributed by atoms with van der Waals surface area (Å²) >= 11 is 2.90. The summed E-state index contributed by atoms with van der Waals surface area (Å²) in [6, 6.07) is 0. The Kier molecular flexibility index (Phi) is 7.35. The Bertz CT molecular complexity index is 916. The van der Waals surface area contributed by atoms with Crippen LogP contribution in [-0.2, 0) is 28.9 Å². The van der Waals surface area contributed by atoms with Gasteiger partial charge in [-0.1, -0.05) is 44.5 Å². The number of esters is 1. The second kappa shape index (κ2) is 9.74. The van der Waals surface area contributed by atoms with Crippen molar-refractivity contribution in [2.24, 2.45) is 5.92 Å². The van der Waals surface area contributed by atoms with Gasteiger partial charge in [0.25, 0.3) is 5.56 Å². The maximum absolute atomic E-state index is 13.2. The molecule has 0 unspecified atom stereocenters. The first-order valence-electron chi connectivity index (χ1n) is 9.99. The van der Waals surface area contributed by atoms with Crippen molar-refractivity contribution in [2.45, 2.75) is 64.1 Å². The fourth-order valence-corrected chi connectivity index (χ4v) is 5.74. The van der Waals surface area contributed by atoms with E-state index in [1.807, 2.05) is 0 Å². The van der Waals surface area contributed by atoms with Crippen LogP contribution in [0.15, 0.2) is 22.6 Å². The van der Waals surface area contributed by atoms with Gasteiger partial charge in [0, 0.05) is 11.4 Å². The monoisotopic (exact) mass is 420 g/mol. The minimum Gasteiger partial charge on any atom is -0.465 e. The van der Waals surface area contributed by atoms with E-state index >= 15 is 0 Å². The van der Waals surface area contributed by atoms with Crippen molar-refractivity contribution in [3.63, 3.8) is 0 Å². The van der Waals surface area contributed by atoms with Crippen LogP contribution in [-0.4, -0.2) is 27.9 Å². The van der Waals surface area contributed by atoms with Crippen molar-refractivity contribution in [1.82, 2.24) is 9.55 Å². The number of thioether (sulfide) groups is 1. The molecule has 2 aromatic heterocycles. The highest BCUT2D eigenvalue weighted by molar-refractivity contribution is 7.99. The number of hydrogen-bond donors (Lipinski definition) is 0. The molecule has 1 aliphatic rings. The van der Waals surface area contributed by atoms with E-state index in [0.717, 1.165) is 48.7 Å². The van der Waals surface area contributed by atoms with Gasteiger partial charge in [0.1, 0.15) is 4.83 Å². The summed E-state index contributed by atoms with van der Waals surface area (Å²) in [4.78, 5) is 32.1. The molecule has 0 radical (unpaired) electrons. The highest BCUT2D eigenvalue weighted by atomic mass is 32.2. The molecule has 0 fully saturated rings. The fourth-order valence-electron chi connectivity index (χ4n) is 3.51. The Morgan fingerprint density at radius 2 is 2.29 bits per heavy atom. The standard InChI is InChI=1S/C21H28N2O3S2/c1-4-6-7-11-26-17(24)13-27-21-22-19-18(20(25)23(21)10-5-2)15-9-8-14(3)12-16(15)28-19/h5,14H,2,4,6-13H2,1,3H3/t14-/m1/s1. The molecule has 1 aliphatic carbocycles. The average molecular weight is 421 g/mol. The molecule has 0 saturated heterocycles. The normalized spacial score (nSPS) is 16.1. The van der Waals surface area contributed by atoms with Crippen LogP contribution in [0.1, 0.15) is 50.0 Å². The third-order valence-corrected chi connectivity index (χ3v) is 7.12. The average Bonchev–Trinajstić information content (AvgIpc) is 3.03. The van der Waals surface area contributed by atoms with Gasteiger partial charge < -0.3 is 4.74 Å². The second-order valence-electron chi connectivity index (χ2n) is 7.35. The minimum atomic E-state index is -0.264. The summed E-state index contributed by atoms with van der Waals surface area (Å²) in [6.45, 7) is 8.98.